The Labute approximate surface area is 145 Å². The first-order valence-electron chi connectivity index (χ1n) is 8.36. The molecule has 5 heteroatoms. The van der Waals surface area contributed by atoms with E-state index in [-0.39, 0.29) is 5.91 Å². The molecule has 1 atom stereocenters. The highest BCUT2D eigenvalue weighted by Gasteiger charge is 2.28. The molecule has 0 radical (unpaired) electrons. The van der Waals surface area contributed by atoms with Gasteiger partial charge in [0.15, 0.2) is 6.10 Å². The van der Waals surface area contributed by atoms with E-state index in [0.717, 1.165) is 17.6 Å². The number of hydrogen-bond donors (Lipinski definition) is 2. The summed E-state index contributed by atoms with van der Waals surface area (Å²) in [7, 11) is 1.56. The normalized spacial score (nSPS) is 15.0. The Morgan fingerprint density at radius 2 is 2.08 bits per heavy atom. The molecular formula is C20H20N2O3. The summed E-state index contributed by atoms with van der Waals surface area (Å²) in [5, 5.41) is 11.7. The van der Waals surface area contributed by atoms with Crippen LogP contribution >= 0.6 is 0 Å². The third-order valence-corrected chi connectivity index (χ3v) is 4.84. The zero-order valence-corrected chi connectivity index (χ0v) is 14.0. The highest BCUT2D eigenvalue weighted by atomic mass is 16.5. The van der Waals surface area contributed by atoms with Crippen molar-refractivity contribution < 1.29 is 14.6 Å². The maximum Gasteiger partial charge on any atom is 0.256 e. The van der Waals surface area contributed by atoms with Gasteiger partial charge in [-0.1, -0.05) is 30.3 Å². The monoisotopic (exact) mass is 336 g/mol. The second kappa shape index (κ2) is 6.26. The fraction of sp³-hybridized carbons (Fsp3) is 0.250. The minimum Gasteiger partial charge on any atom is -0.497 e. The summed E-state index contributed by atoms with van der Waals surface area (Å²) in [6.07, 6.45) is -0.392. The average Bonchev–Trinajstić information content (AvgIpc) is 3.04. The molecule has 0 aliphatic carbocycles. The Morgan fingerprint density at radius 3 is 2.92 bits per heavy atom. The SMILES string of the molecule is COc1cccc(C(O)C(=O)N2CCc3c([nH]c4ccccc34)C2)c1. The van der Waals surface area contributed by atoms with Crippen molar-refractivity contribution in [1.82, 2.24) is 9.88 Å². The van der Waals surface area contributed by atoms with Crippen LogP contribution in [0.25, 0.3) is 10.9 Å². The fourth-order valence-corrected chi connectivity index (χ4v) is 3.51. The predicted octanol–water partition coefficient (Wildman–Crippen LogP) is 2.79. The van der Waals surface area contributed by atoms with E-state index in [1.165, 1.54) is 10.9 Å². The summed E-state index contributed by atoms with van der Waals surface area (Å²) >= 11 is 0. The Kier molecular flexibility index (Phi) is 3.93. The number of fused-ring (bicyclic) bond motifs is 3. The minimum absolute atomic E-state index is 0.280. The van der Waals surface area contributed by atoms with Gasteiger partial charge in [0, 0.05) is 23.1 Å². The Morgan fingerprint density at radius 1 is 1.24 bits per heavy atom. The molecule has 0 bridgehead atoms. The first-order chi connectivity index (χ1) is 12.2. The molecule has 2 N–H and O–H groups in total. The number of carbonyl (C=O) groups is 1. The van der Waals surface area contributed by atoms with Crippen LogP contribution in [0.15, 0.2) is 48.5 Å². The molecule has 0 saturated heterocycles. The van der Waals surface area contributed by atoms with Crippen molar-refractivity contribution in [3.63, 3.8) is 0 Å². The van der Waals surface area contributed by atoms with Crippen LogP contribution < -0.4 is 4.74 Å². The molecule has 1 aromatic heterocycles. The van der Waals surface area contributed by atoms with Crippen LogP contribution in [-0.2, 0) is 17.8 Å². The van der Waals surface area contributed by atoms with Gasteiger partial charge in [0.2, 0.25) is 0 Å². The van der Waals surface area contributed by atoms with E-state index < -0.39 is 6.10 Å². The van der Waals surface area contributed by atoms with E-state index in [4.69, 9.17) is 4.74 Å². The second-order valence-corrected chi connectivity index (χ2v) is 6.32. The maximum atomic E-state index is 12.7. The van der Waals surface area contributed by atoms with Crippen molar-refractivity contribution in [2.45, 2.75) is 19.1 Å². The smallest absolute Gasteiger partial charge is 0.256 e. The second-order valence-electron chi connectivity index (χ2n) is 6.32. The number of aliphatic hydroxyl groups excluding tert-OH is 1. The molecule has 5 nitrogen and oxygen atoms in total. The number of aromatic nitrogens is 1. The largest absolute Gasteiger partial charge is 0.497 e. The topological polar surface area (TPSA) is 65.6 Å². The number of nitrogens with zero attached hydrogens (tertiary/aromatic N) is 1. The van der Waals surface area contributed by atoms with Crippen LogP contribution in [0.3, 0.4) is 0 Å². The molecule has 1 unspecified atom stereocenters. The van der Waals surface area contributed by atoms with Gasteiger partial charge in [-0.3, -0.25) is 4.79 Å². The lowest BCUT2D eigenvalue weighted by Gasteiger charge is -2.29. The van der Waals surface area contributed by atoms with Crippen molar-refractivity contribution in [2.75, 3.05) is 13.7 Å². The van der Waals surface area contributed by atoms with Gasteiger partial charge in [0.05, 0.1) is 13.7 Å². The number of amides is 1. The van der Waals surface area contributed by atoms with Gasteiger partial charge in [-0.2, -0.15) is 0 Å². The number of H-pyrrole nitrogens is 1. The van der Waals surface area contributed by atoms with E-state index in [1.54, 1.807) is 36.3 Å². The molecule has 128 valence electrons. The minimum atomic E-state index is -1.18. The lowest BCUT2D eigenvalue weighted by molar-refractivity contribution is -0.141. The molecule has 1 aliphatic heterocycles. The summed E-state index contributed by atoms with van der Waals surface area (Å²) in [5.74, 6) is 0.346. The Balaban J connectivity index is 1.57. The first kappa shape index (κ1) is 15.7. The van der Waals surface area contributed by atoms with E-state index in [2.05, 4.69) is 11.1 Å². The number of nitrogens with one attached hydrogen (secondary N) is 1. The number of aliphatic hydroxyl groups is 1. The average molecular weight is 336 g/mol. The lowest BCUT2D eigenvalue weighted by atomic mass is 10.0. The van der Waals surface area contributed by atoms with Gasteiger partial charge in [-0.15, -0.1) is 0 Å². The van der Waals surface area contributed by atoms with Crippen molar-refractivity contribution in [3.05, 3.63) is 65.4 Å². The summed E-state index contributed by atoms with van der Waals surface area (Å²) < 4.78 is 5.17. The van der Waals surface area contributed by atoms with Crippen LogP contribution in [0.5, 0.6) is 5.75 Å². The van der Waals surface area contributed by atoms with E-state index >= 15 is 0 Å². The summed E-state index contributed by atoms with van der Waals surface area (Å²) in [4.78, 5) is 17.9. The number of methoxy groups -OCH3 is 1. The van der Waals surface area contributed by atoms with Gasteiger partial charge >= 0.3 is 0 Å². The number of benzene rings is 2. The predicted molar refractivity (Wildman–Crippen MR) is 95.4 cm³/mol. The van der Waals surface area contributed by atoms with Crippen molar-refractivity contribution in [1.29, 1.82) is 0 Å². The standard InChI is InChI=1S/C20H20N2O3/c1-25-14-6-4-5-13(11-14)19(23)20(24)22-10-9-16-15-7-2-3-8-17(15)21-18(16)12-22/h2-8,11,19,21,23H,9-10,12H2,1H3. The first-order valence-corrected chi connectivity index (χ1v) is 8.36. The number of rotatable bonds is 3. The molecule has 1 aliphatic rings. The lowest BCUT2D eigenvalue weighted by Crippen LogP contribution is -2.39. The van der Waals surface area contributed by atoms with Crippen molar-refractivity contribution >= 4 is 16.8 Å². The summed E-state index contributed by atoms with van der Waals surface area (Å²) in [6, 6.07) is 15.2. The third kappa shape index (κ3) is 2.76. The fourth-order valence-electron chi connectivity index (χ4n) is 3.51. The molecule has 2 aromatic carbocycles. The van der Waals surface area contributed by atoms with Crippen LogP contribution in [0.1, 0.15) is 22.9 Å². The summed E-state index contributed by atoms with van der Waals surface area (Å²) in [5.41, 5.74) is 3.97. The zero-order valence-electron chi connectivity index (χ0n) is 14.0. The molecular weight excluding hydrogens is 316 g/mol. The number of carbonyl (C=O) groups excluding carboxylic acids is 1. The zero-order chi connectivity index (χ0) is 17.4. The molecule has 0 fully saturated rings. The van der Waals surface area contributed by atoms with E-state index in [0.29, 0.717) is 24.4 Å². The molecule has 4 rings (SSSR count). The van der Waals surface area contributed by atoms with Gasteiger partial charge in [0.25, 0.3) is 5.91 Å². The van der Waals surface area contributed by atoms with Crippen molar-refractivity contribution in [2.24, 2.45) is 0 Å². The van der Waals surface area contributed by atoms with Gasteiger partial charge in [-0.05, 0) is 35.7 Å². The van der Waals surface area contributed by atoms with Crippen molar-refractivity contribution in [3.8, 4) is 5.75 Å². The molecule has 2 heterocycles. The number of para-hydroxylation sites is 1. The number of aromatic amines is 1. The molecule has 25 heavy (non-hydrogen) atoms. The summed E-state index contributed by atoms with van der Waals surface area (Å²) in [6.45, 7) is 1.10. The molecule has 3 aromatic rings. The van der Waals surface area contributed by atoms with E-state index in [9.17, 15) is 9.90 Å². The van der Waals surface area contributed by atoms with Gasteiger partial charge < -0.3 is 19.7 Å². The molecule has 1 amide bonds. The molecule has 0 saturated carbocycles. The number of ether oxygens (including phenoxy) is 1. The van der Waals surface area contributed by atoms with Crippen LogP contribution in [-0.4, -0.2) is 34.6 Å². The van der Waals surface area contributed by atoms with E-state index in [1.807, 2.05) is 18.2 Å². The highest BCUT2D eigenvalue weighted by Crippen LogP contribution is 2.29. The maximum absolute atomic E-state index is 12.7. The highest BCUT2D eigenvalue weighted by molar-refractivity contribution is 5.86. The quantitative estimate of drug-likeness (QED) is 0.773. The van der Waals surface area contributed by atoms with Crippen LogP contribution in [0.4, 0.5) is 0 Å². The molecule has 0 spiro atoms. The van der Waals surface area contributed by atoms with Crippen LogP contribution in [0, 0.1) is 0 Å². The third-order valence-electron chi connectivity index (χ3n) is 4.84. The van der Waals surface area contributed by atoms with Gasteiger partial charge in [-0.25, -0.2) is 0 Å². The number of hydrogen-bond acceptors (Lipinski definition) is 3. The van der Waals surface area contributed by atoms with Gasteiger partial charge in [0.1, 0.15) is 5.75 Å². The van der Waals surface area contributed by atoms with Crippen LogP contribution in [0.2, 0.25) is 0 Å². The Bertz CT molecular complexity index is 932. The Hall–Kier alpha value is -2.79.